The van der Waals surface area contributed by atoms with Crippen LogP contribution < -0.4 is 5.73 Å². The van der Waals surface area contributed by atoms with Crippen LogP contribution in [0.25, 0.3) is 21.7 Å². The standard InChI is InChI=1S/C28H26N4O3/c29-26(33)19-6-3-9-23-25(19)22(16-30-23)17-10-12-31(13-11-17)14-15-32-27(34)20-7-1-4-18-5-2-8-21(24(18)20)28(32)35/h1-9,16-17,30H,10-15H2,(H2,29,33). The summed E-state index contributed by atoms with van der Waals surface area (Å²) < 4.78 is 0. The molecule has 0 unspecified atom stereocenters. The lowest BCUT2D eigenvalue weighted by Gasteiger charge is -2.34. The van der Waals surface area contributed by atoms with Crippen LogP contribution in [0.4, 0.5) is 0 Å². The van der Waals surface area contributed by atoms with Gasteiger partial charge in [0, 0.05) is 52.3 Å². The fourth-order valence-corrected chi connectivity index (χ4v) is 5.73. The molecule has 0 atom stereocenters. The summed E-state index contributed by atoms with van der Waals surface area (Å²) in [5, 5.41) is 2.60. The van der Waals surface area contributed by atoms with Gasteiger partial charge in [-0.3, -0.25) is 19.3 Å². The number of nitrogens with two attached hydrogens (primary N) is 1. The number of nitrogens with one attached hydrogen (secondary N) is 1. The number of aromatic nitrogens is 1. The number of likely N-dealkylation sites (tertiary alicyclic amines) is 1. The molecule has 2 aliphatic heterocycles. The number of piperidine rings is 1. The van der Waals surface area contributed by atoms with E-state index < -0.39 is 5.91 Å². The minimum Gasteiger partial charge on any atom is -0.366 e. The van der Waals surface area contributed by atoms with Crippen molar-refractivity contribution in [1.29, 1.82) is 0 Å². The highest BCUT2D eigenvalue weighted by Crippen LogP contribution is 2.35. The smallest absolute Gasteiger partial charge is 0.261 e. The predicted octanol–water partition coefficient (Wildman–Crippen LogP) is 3.90. The van der Waals surface area contributed by atoms with E-state index >= 15 is 0 Å². The van der Waals surface area contributed by atoms with Crippen LogP contribution in [0, 0.1) is 0 Å². The predicted molar refractivity (Wildman–Crippen MR) is 135 cm³/mol. The minimum atomic E-state index is -0.415. The van der Waals surface area contributed by atoms with Crippen LogP contribution in [0.5, 0.6) is 0 Å². The molecule has 3 aromatic carbocycles. The Morgan fingerprint density at radius 2 is 1.54 bits per heavy atom. The average Bonchev–Trinajstić information content (AvgIpc) is 3.32. The summed E-state index contributed by atoms with van der Waals surface area (Å²) in [5.41, 5.74) is 9.44. The molecule has 0 aliphatic carbocycles. The first-order valence-electron chi connectivity index (χ1n) is 12.0. The van der Waals surface area contributed by atoms with Gasteiger partial charge in [-0.25, -0.2) is 0 Å². The average molecular weight is 467 g/mol. The molecule has 4 aromatic rings. The Kier molecular flexibility index (Phi) is 5.15. The Morgan fingerprint density at radius 3 is 2.20 bits per heavy atom. The monoisotopic (exact) mass is 466 g/mol. The van der Waals surface area contributed by atoms with Gasteiger partial charge in [0.25, 0.3) is 11.8 Å². The molecule has 7 heteroatoms. The van der Waals surface area contributed by atoms with Gasteiger partial charge in [0.1, 0.15) is 0 Å². The molecule has 0 spiro atoms. The molecule has 6 rings (SSSR count). The number of nitrogens with zero attached hydrogens (tertiary/aromatic N) is 2. The van der Waals surface area contributed by atoms with E-state index in [1.54, 1.807) is 18.2 Å². The first kappa shape index (κ1) is 21.6. The zero-order chi connectivity index (χ0) is 24.1. The molecule has 1 saturated heterocycles. The van der Waals surface area contributed by atoms with Crippen molar-refractivity contribution in [2.24, 2.45) is 5.73 Å². The maximum absolute atomic E-state index is 13.2. The molecular weight excluding hydrogens is 440 g/mol. The Labute approximate surface area is 202 Å². The van der Waals surface area contributed by atoms with Crippen LogP contribution >= 0.6 is 0 Å². The number of amides is 3. The molecule has 3 heterocycles. The van der Waals surface area contributed by atoms with Gasteiger partial charge in [-0.2, -0.15) is 0 Å². The Hall–Kier alpha value is -3.97. The van der Waals surface area contributed by atoms with E-state index in [0.29, 0.717) is 35.7 Å². The maximum Gasteiger partial charge on any atom is 0.261 e. The van der Waals surface area contributed by atoms with Crippen LogP contribution in [0.3, 0.4) is 0 Å². The number of hydrogen-bond donors (Lipinski definition) is 2. The zero-order valence-corrected chi connectivity index (χ0v) is 19.3. The van der Waals surface area contributed by atoms with Gasteiger partial charge in [-0.05, 0) is 67.1 Å². The highest BCUT2D eigenvalue weighted by atomic mass is 16.2. The van der Waals surface area contributed by atoms with Crippen molar-refractivity contribution in [1.82, 2.24) is 14.8 Å². The van der Waals surface area contributed by atoms with Crippen molar-refractivity contribution in [3.05, 3.63) is 83.0 Å². The van der Waals surface area contributed by atoms with Crippen molar-refractivity contribution >= 4 is 39.4 Å². The SMILES string of the molecule is NC(=O)c1cccc2[nH]cc(C3CCN(CCN4C(=O)c5cccc6cccc(c56)C4=O)CC3)c12. The van der Waals surface area contributed by atoms with Gasteiger partial charge >= 0.3 is 0 Å². The minimum absolute atomic E-state index is 0.216. The van der Waals surface area contributed by atoms with Gasteiger partial charge in [0.15, 0.2) is 0 Å². The number of benzene rings is 3. The van der Waals surface area contributed by atoms with Crippen molar-refractivity contribution in [2.45, 2.75) is 18.8 Å². The quantitative estimate of drug-likeness (QED) is 0.436. The van der Waals surface area contributed by atoms with E-state index in [-0.39, 0.29) is 11.8 Å². The Morgan fingerprint density at radius 1 is 0.886 bits per heavy atom. The van der Waals surface area contributed by atoms with E-state index in [1.807, 2.05) is 42.6 Å². The lowest BCUT2D eigenvalue weighted by atomic mass is 9.88. The lowest BCUT2D eigenvalue weighted by Crippen LogP contribution is -2.45. The molecule has 0 saturated carbocycles. The van der Waals surface area contributed by atoms with Crippen molar-refractivity contribution < 1.29 is 14.4 Å². The third-order valence-corrected chi connectivity index (χ3v) is 7.52. The van der Waals surface area contributed by atoms with E-state index in [4.69, 9.17) is 5.73 Å². The summed E-state index contributed by atoms with van der Waals surface area (Å²) in [4.78, 5) is 45.2. The van der Waals surface area contributed by atoms with E-state index in [2.05, 4.69) is 9.88 Å². The molecule has 1 aromatic heterocycles. The van der Waals surface area contributed by atoms with E-state index in [9.17, 15) is 14.4 Å². The van der Waals surface area contributed by atoms with Gasteiger partial charge in [0.05, 0.1) is 0 Å². The molecule has 3 N–H and O–H groups in total. The van der Waals surface area contributed by atoms with E-state index in [0.717, 1.165) is 53.2 Å². The lowest BCUT2D eigenvalue weighted by molar-refractivity contribution is 0.0586. The van der Waals surface area contributed by atoms with Crippen LogP contribution in [0.2, 0.25) is 0 Å². The molecular formula is C28H26N4O3. The fourth-order valence-electron chi connectivity index (χ4n) is 5.73. The third kappa shape index (κ3) is 3.51. The number of carbonyl (C=O) groups is 3. The van der Waals surface area contributed by atoms with Crippen molar-refractivity contribution in [3.63, 3.8) is 0 Å². The van der Waals surface area contributed by atoms with Crippen LogP contribution in [-0.4, -0.2) is 58.7 Å². The third-order valence-electron chi connectivity index (χ3n) is 7.52. The van der Waals surface area contributed by atoms with Crippen LogP contribution in [0.1, 0.15) is 55.4 Å². The first-order chi connectivity index (χ1) is 17.0. The molecule has 2 aliphatic rings. The number of H-pyrrole nitrogens is 1. The first-order valence-corrected chi connectivity index (χ1v) is 12.0. The molecule has 7 nitrogen and oxygen atoms in total. The number of imide groups is 1. The normalized spacial score (nSPS) is 17.0. The molecule has 176 valence electrons. The summed E-state index contributed by atoms with van der Waals surface area (Å²) >= 11 is 0. The van der Waals surface area contributed by atoms with E-state index in [1.165, 1.54) is 4.90 Å². The largest absolute Gasteiger partial charge is 0.366 e. The number of rotatable bonds is 5. The summed E-state index contributed by atoms with van der Waals surface area (Å²) in [6.07, 6.45) is 3.87. The number of fused-ring (bicyclic) bond motifs is 1. The van der Waals surface area contributed by atoms with Gasteiger partial charge in [-0.1, -0.05) is 30.3 Å². The van der Waals surface area contributed by atoms with Gasteiger partial charge in [0.2, 0.25) is 5.91 Å². The summed E-state index contributed by atoms with van der Waals surface area (Å²) in [7, 11) is 0. The number of primary amides is 1. The molecule has 0 bridgehead atoms. The van der Waals surface area contributed by atoms with Crippen molar-refractivity contribution in [2.75, 3.05) is 26.2 Å². The van der Waals surface area contributed by atoms with Crippen molar-refractivity contribution in [3.8, 4) is 0 Å². The fraction of sp³-hybridized carbons (Fsp3) is 0.250. The molecule has 35 heavy (non-hydrogen) atoms. The summed E-state index contributed by atoms with van der Waals surface area (Å²) in [6.45, 7) is 2.73. The van der Waals surface area contributed by atoms with Crippen LogP contribution in [-0.2, 0) is 0 Å². The second kappa shape index (κ2) is 8.36. The van der Waals surface area contributed by atoms with Gasteiger partial charge < -0.3 is 15.6 Å². The topological polar surface area (TPSA) is 99.5 Å². The summed E-state index contributed by atoms with van der Waals surface area (Å²) in [5.74, 6) is -0.524. The second-order valence-electron chi connectivity index (χ2n) is 9.42. The maximum atomic E-state index is 13.2. The highest BCUT2D eigenvalue weighted by Gasteiger charge is 2.33. The molecule has 1 fully saturated rings. The number of carbonyl (C=O) groups excluding carboxylic acids is 3. The highest BCUT2D eigenvalue weighted by molar-refractivity contribution is 6.25. The molecule has 3 amide bonds. The zero-order valence-electron chi connectivity index (χ0n) is 19.3. The summed E-state index contributed by atoms with van der Waals surface area (Å²) in [6, 6.07) is 16.8. The Balaban J connectivity index is 1.15. The second-order valence-corrected chi connectivity index (χ2v) is 9.42. The van der Waals surface area contributed by atoms with Gasteiger partial charge in [-0.15, -0.1) is 0 Å². The number of aromatic amines is 1. The van der Waals surface area contributed by atoms with Crippen LogP contribution in [0.15, 0.2) is 60.8 Å². The Bertz CT molecular complexity index is 1450. The molecule has 0 radical (unpaired) electrons. The number of hydrogen-bond acceptors (Lipinski definition) is 4.